The maximum Gasteiger partial charge on any atom is 0.123 e. The van der Waals surface area contributed by atoms with E-state index in [1.165, 1.54) is 12.8 Å². The predicted molar refractivity (Wildman–Crippen MR) is 39.4 cm³/mol. The molecule has 0 amide bonds. The Bertz CT molecular complexity index is 73.7. The van der Waals surface area contributed by atoms with Gasteiger partial charge in [0.2, 0.25) is 0 Å². The molecule has 0 fully saturated rings. The van der Waals surface area contributed by atoms with Crippen molar-refractivity contribution in [2.45, 2.75) is 39.5 Å². The van der Waals surface area contributed by atoms with E-state index in [4.69, 9.17) is 0 Å². The summed E-state index contributed by atoms with van der Waals surface area (Å²) in [4.78, 5) is 10.2. The summed E-state index contributed by atoms with van der Waals surface area (Å²) in [7, 11) is 0. The quantitative estimate of drug-likeness (QED) is 0.464. The number of carbonyl (C=O) groups excluding carboxylic acids is 1. The summed E-state index contributed by atoms with van der Waals surface area (Å²) in [5.41, 5.74) is 0. The minimum absolute atomic E-state index is 0. The van der Waals surface area contributed by atoms with Gasteiger partial charge in [0, 0.05) is 27.6 Å². The van der Waals surface area contributed by atoms with Crippen LogP contribution in [0.1, 0.15) is 39.5 Å². The Balaban J connectivity index is 0. The van der Waals surface area contributed by atoms with Gasteiger partial charge in [-0.1, -0.05) is 26.7 Å². The van der Waals surface area contributed by atoms with Crippen molar-refractivity contribution in [3.63, 3.8) is 0 Å². The first-order valence-electron chi connectivity index (χ1n) is 3.80. The molecule has 0 aromatic rings. The molecular formula is C8H16OTi. The monoisotopic (exact) mass is 176 g/mol. The molecule has 10 heavy (non-hydrogen) atoms. The van der Waals surface area contributed by atoms with Crippen LogP contribution in [0.2, 0.25) is 0 Å². The number of aldehydes is 1. The zero-order chi connectivity index (χ0) is 7.11. The van der Waals surface area contributed by atoms with Gasteiger partial charge in [0.15, 0.2) is 0 Å². The SMILES string of the molecule is CCCCC(C=O)CC.[Ti]. The van der Waals surface area contributed by atoms with Crippen LogP contribution in [-0.2, 0) is 26.5 Å². The van der Waals surface area contributed by atoms with Gasteiger partial charge < -0.3 is 4.79 Å². The third-order valence-electron chi connectivity index (χ3n) is 1.65. The van der Waals surface area contributed by atoms with E-state index in [1.54, 1.807) is 0 Å². The van der Waals surface area contributed by atoms with Crippen molar-refractivity contribution in [1.82, 2.24) is 0 Å². The Hall–Kier alpha value is 0.384. The van der Waals surface area contributed by atoms with E-state index in [0.717, 1.165) is 19.1 Å². The normalized spacial score (nSPS) is 11.8. The third kappa shape index (κ3) is 6.50. The molecule has 0 aromatic heterocycles. The van der Waals surface area contributed by atoms with Gasteiger partial charge in [0.1, 0.15) is 6.29 Å². The van der Waals surface area contributed by atoms with Gasteiger partial charge in [0.05, 0.1) is 0 Å². The molecule has 0 saturated carbocycles. The van der Waals surface area contributed by atoms with Gasteiger partial charge in [-0.3, -0.25) is 0 Å². The van der Waals surface area contributed by atoms with Gasteiger partial charge in [-0.25, -0.2) is 0 Å². The maximum atomic E-state index is 10.2. The van der Waals surface area contributed by atoms with E-state index in [9.17, 15) is 4.79 Å². The molecule has 2 heteroatoms. The van der Waals surface area contributed by atoms with E-state index in [2.05, 4.69) is 13.8 Å². The Kier molecular flexibility index (Phi) is 12.2. The topological polar surface area (TPSA) is 17.1 Å². The number of hydrogen-bond donors (Lipinski definition) is 0. The van der Waals surface area contributed by atoms with E-state index >= 15 is 0 Å². The average molecular weight is 176 g/mol. The largest absolute Gasteiger partial charge is 0.303 e. The molecule has 0 saturated heterocycles. The molecule has 0 heterocycles. The van der Waals surface area contributed by atoms with Crippen LogP contribution in [0.4, 0.5) is 0 Å². The van der Waals surface area contributed by atoms with Gasteiger partial charge in [-0.15, -0.1) is 0 Å². The standard InChI is InChI=1S/C8H16O.Ti/c1-3-5-6-8(4-2)7-9;/h7-8H,3-6H2,1-2H3;. The van der Waals surface area contributed by atoms with Crippen molar-refractivity contribution in [3.05, 3.63) is 0 Å². The Morgan fingerprint density at radius 1 is 1.40 bits per heavy atom. The fourth-order valence-corrected chi connectivity index (χ4v) is 0.835. The second-order valence-corrected chi connectivity index (χ2v) is 2.45. The molecule has 1 atom stereocenters. The third-order valence-corrected chi connectivity index (χ3v) is 1.65. The minimum Gasteiger partial charge on any atom is -0.303 e. The second-order valence-electron chi connectivity index (χ2n) is 2.45. The van der Waals surface area contributed by atoms with E-state index < -0.39 is 0 Å². The van der Waals surface area contributed by atoms with Gasteiger partial charge in [-0.2, -0.15) is 0 Å². The van der Waals surface area contributed by atoms with Crippen LogP contribution in [0.5, 0.6) is 0 Å². The Morgan fingerprint density at radius 2 is 2.00 bits per heavy atom. The van der Waals surface area contributed by atoms with Crippen molar-refractivity contribution >= 4 is 6.29 Å². The first-order valence-corrected chi connectivity index (χ1v) is 3.80. The van der Waals surface area contributed by atoms with Crippen molar-refractivity contribution < 1.29 is 26.5 Å². The van der Waals surface area contributed by atoms with Crippen LogP contribution < -0.4 is 0 Å². The minimum atomic E-state index is 0. The summed E-state index contributed by atoms with van der Waals surface area (Å²) < 4.78 is 0. The van der Waals surface area contributed by atoms with Crippen molar-refractivity contribution in [1.29, 1.82) is 0 Å². The molecule has 0 aliphatic heterocycles. The Morgan fingerprint density at radius 3 is 2.30 bits per heavy atom. The van der Waals surface area contributed by atoms with Crippen molar-refractivity contribution in [2.75, 3.05) is 0 Å². The summed E-state index contributed by atoms with van der Waals surface area (Å²) in [6, 6.07) is 0. The molecule has 0 aromatic carbocycles. The summed E-state index contributed by atoms with van der Waals surface area (Å²) in [6.45, 7) is 4.21. The average Bonchev–Trinajstić information content (AvgIpc) is 1.91. The zero-order valence-corrected chi connectivity index (χ0v) is 8.45. The number of rotatable bonds is 5. The molecule has 0 rings (SSSR count). The summed E-state index contributed by atoms with van der Waals surface area (Å²) >= 11 is 0. The predicted octanol–water partition coefficient (Wildman–Crippen LogP) is 2.40. The van der Waals surface area contributed by atoms with E-state index in [0.29, 0.717) is 5.92 Å². The second kappa shape index (κ2) is 9.38. The van der Waals surface area contributed by atoms with Crippen molar-refractivity contribution in [3.8, 4) is 0 Å². The maximum absolute atomic E-state index is 10.2. The molecule has 0 bridgehead atoms. The van der Waals surface area contributed by atoms with Crippen LogP contribution >= 0.6 is 0 Å². The Labute approximate surface area is 78.5 Å². The molecule has 0 spiro atoms. The molecule has 1 unspecified atom stereocenters. The molecule has 0 N–H and O–H groups in total. The molecule has 0 radical (unpaired) electrons. The first kappa shape index (κ1) is 13.0. The summed E-state index contributed by atoms with van der Waals surface area (Å²) in [5, 5.41) is 0. The van der Waals surface area contributed by atoms with Gasteiger partial charge in [-0.05, 0) is 12.8 Å². The summed E-state index contributed by atoms with van der Waals surface area (Å²) in [5.74, 6) is 0.324. The summed E-state index contributed by atoms with van der Waals surface area (Å²) in [6.07, 6.45) is 5.55. The molecule has 0 aliphatic rings. The van der Waals surface area contributed by atoms with Crippen LogP contribution in [0, 0.1) is 5.92 Å². The number of unbranched alkanes of at least 4 members (excludes halogenated alkanes) is 1. The van der Waals surface area contributed by atoms with Gasteiger partial charge in [0.25, 0.3) is 0 Å². The fourth-order valence-electron chi connectivity index (χ4n) is 0.835. The fraction of sp³-hybridized carbons (Fsp3) is 0.875. The van der Waals surface area contributed by atoms with Crippen molar-refractivity contribution in [2.24, 2.45) is 5.92 Å². The zero-order valence-electron chi connectivity index (χ0n) is 6.89. The van der Waals surface area contributed by atoms with Crippen LogP contribution in [0.25, 0.3) is 0 Å². The van der Waals surface area contributed by atoms with Gasteiger partial charge >= 0.3 is 0 Å². The molecular weight excluding hydrogens is 160 g/mol. The smallest absolute Gasteiger partial charge is 0.123 e. The van der Waals surface area contributed by atoms with E-state index in [1.807, 2.05) is 0 Å². The van der Waals surface area contributed by atoms with Crippen LogP contribution in [0.15, 0.2) is 0 Å². The number of carbonyl (C=O) groups is 1. The molecule has 1 nitrogen and oxygen atoms in total. The molecule has 58 valence electrons. The first-order chi connectivity index (χ1) is 4.35. The number of hydrogen-bond acceptors (Lipinski definition) is 1. The van der Waals surface area contributed by atoms with Crippen LogP contribution in [-0.4, -0.2) is 6.29 Å². The van der Waals surface area contributed by atoms with Crippen LogP contribution in [0.3, 0.4) is 0 Å². The van der Waals surface area contributed by atoms with E-state index in [-0.39, 0.29) is 21.7 Å². The molecule has 0 aliphatic carbocycles.